The van der Waals surface area contributed by atoms with Crippen molar-refractivity contribution in [2.24, 2.45) is 0 Å². The summed E-state index contributed by atoms with van der Waals surface area (Å²) >= 11 is 0. The van der Waals surface area contributed by atoms with Crippen LogP contribution in [0.1, 0.15) is 18.4 Å². The van der Waals surface area contributed by atoms with E-state index in [-0.39, 0.29) is 18.0 Å². The maximum Gasteiger partial charge on any atom is 0.241 e. The second kappa shape index (κ2) is 5.72. The number of benzene rings is 1. The van der Waals surface area contributed by atoms with Crippen molar-refractivity contribution in [1.82, 2.24) is 10.2 Å². The molecule has 4 heteroatoms. The molecule has 4 nitrogen and oxygen atoms in total. The van der Waals surface area contributed by atoms with Crippen LogP contribution in [-0.2, 0) is 16.0 Å². The molecule has 2 aliphatic heterocycles. The van der Waals surface area contributed by atoms with Crippen LogP contribution in [0.15, 0.2) is 30.3 Å². The fraction of sp³-hybridized carbons (Fsp3) is 0.533. The highest BCUT2D eigenvalue weighted by molar-refractivity contribution is 5.84. The first kappa shape index (κ1) is 12.6. The van der Waals surface area contributed by atoms with Crippen molar-refractivity contribution in [2.75, 3.05) is 19.9 Å². The smallest absolute Gasteiger partial charge is 0.241 e. The van der Waals surface area contributed by atoms with Crippen LogP contribution >= 0.6 is 0 Å². The maximum absolute atomic E-state index is 12.3. The van der Waals surface area contributed by atoms with Gasteiger partial charge in [-0.05, 0) is 24.8 Å². The van der Waals surface area contributed by atoms with E-state index in [0.717, 1.165) is 25.9 Å². The van der Waals surface area contributed by atoms with Gasteiger partial charge < -0.3 is 9.64 Å². The van der Waals surface area contributed by atoms with Gasteiger partial charge in [0.25, 0.3) is 0 Å². The molecule has 1 N–H and O–H groups in total. The van der Waals surface area contributed by atoms with Gasteiger partial charge in [0.1, 0.15) is 0 Å². The Morgan fingerprint density at radius 1 is 1.32 bits per heavy atom. The SMILES string of the molecule is O=C1C(CCc2ccccc2)NCN1C1CCOC1. The Hall–Kier alpha value is -1.39. The lowest BCUT2D eigenvalue weighted by Crippen LogP contribution is -2.39. The van der Waals surface area contributed by atoms with Crippen molar-refractivity contribution in [2.45, 2.75) is 31.3 Å². The zero-order valence-corrected chi connectivity index (χ0v) is 11.0. The molecule has 1 amide bonds. The summed E-state index contributed by atoms with van der Waals surface area (Å²) in [7, 11) is 0. The Labute approximate surface area is 113 Å². The number of amides is 1. The fourth-order valence-electron chi connectivity index (χ4n) is 2.83. The Morgan fingerprint density at radius 3 is 2.89 bits per heavy atom. The van der Waals surface area contributed by atoms with E-state index < -0.39 is 0 Å². The van der Waals surface area contributed by atoms with Gasteiger partial charge in [-0.1, -0.05) is 30.3 Å². The summed E-state index contributed by atoms with van der Waals surface area (Å²) in [4.78, 5) is 14.3. The highest BCUT2D eigenvalue weighted by Crippen LogP contribution is 2.18. The third kappa shape index (κ3) is 2.80. The predicted octanol–water partition coefficient (Wildman–Crippen LogP) is 1.17. The Morgan fingerprint density at radius 2 is 2.16 bits per heavy atom. The predicted molar refractivity (Wildman–Crippen MR) is 72.6 cm³/mol. The van der Waals surface area contributed by atoms with E-state index in [2.05, 4.69) is 17.4 Å². The number of nitrogens with one attached hydrogen (secondary N) is 1. The number of ether oxygens (including phenoxy) is 1. The molecule has 2 heterocycles. The zero-order chi connectivity index (χ0) is 13.1. The van der Waals surface area contributed by atoms with E-state index >= 15 is 0 Å². The molecule has 0 aliphatic carbocycles. The minimum Gasteiger partial charge on any atom is -0.379 e. The Balaban J connectivity index is 1.54. The van der Waals surface area contributed by atoms with E-state index in [1.54, 1.807) is 0 Å². The molecular weight excluding hydrogens is 240 g/mol. The Bertz CT molecular complexity index is 429. The van der Waals surface area contributed by atoms with Gasteiger partial charge in [0.05, 0.1) is 25.4 Å². The second-order valence-electron chi connectivity index (χ2n) is 5.26. The first-order chi connectivity index (χ1) is 9.34. The summed E-state index contributed by atoms with van der Waals surface area (Å²) in [6, 6.07) is 10.6. The van der Waals surface area contributed by atoms with E-state index in [0.29, 0.717) is 13.3 Å². The van der Waals surface area contributed by atoms with Crippen molar-refractivity contribution in [3.63, 3.8) is 0 Å². The summed E-state index contributed by atoms with van der Waals surface area (Å²) in [6.07, 6.45) is 2.78. The minimum absolute atomic E-state index is 0.0270. The normalized spacial score (nSPS) is 27.2. The van der Waals surface area contributed by atoms with Gasteiger partial charge in [0, 0.05) is 6.61 Å². The van der Waals surface area contributed by atoms with Crippen molar-refractivity contribution in [3.8, 4) is 0 Å². The molecule has 0 aromatic heterocycles. The molecule has 0 spiro atoms. The number of hydrogen-bond acceptors (Lipinski definition) is 3. The van der Waals surface area contributed by atoms with Crippen LogP contribution in [0, 0.1) is 0 Å². The number of rotatable bonds is 4. The molecule has 1 aromatic rings. The van der Waals surface area contributed by atoms with Crippen LogP contribution in [0.5, 0.6) is 0 Å². The number of nitrogens with zero attached hydrogens (tertiary/aromatic N) is 1. The standard InChI is InChI=1S/C15H20N2O2/c18-15-14(7-6-12-4-2-1-3-5-12)16-11-17(15)13-8-9-19-10-13/h1-5,13-14,16H,6-11H2. The molecule has 3 rings (SSSR count). The molecule has 0 saturated carbocycles. The number of carbonyl (C=O) groups excluding carboxylic acids is 1. The first-order valence-corrected chi connectivity index (χ1v) is 7.00. The van der Waals surface area contributed by atoms with Gasteiger partial charge in [0.15, 0.2) is 0 Å². The third-order valence-electron chi connectivity index (χ3n) is 4.00. The van der Waals surface area contributed by atoms with Crippen molar-refractivity contribution < 1.29 is 9.53 Å². The summed E-state index contributed by atoms with van der Waals surface area (Å²) in [6.45, 7) is 2.15. The lowest BCUT2D eigenvalue weighted by Gasteiger charge is -2.21. The van der Waals surface area contributed by atoms with Crippen LogP contribution in [0.2, 0.25) is 0 Å². The van der Waals surface area contributed by atoms with Crippen molar-refractivity contribution in [1.29, 1.82) is 0 Å². The zero-order valence-electron chi connectivity index (χ0n) is 11.0. The van der Waals surface area contributed by atoms with Gasteiger partial charge in [-0.2, -0.15) is 0 Å². The highest BCUT2D eigenvalue weighted by atomic mass is 16.5. The minimum atomic E-state index is -0.0270. The van der Waals surface area contributed by atoms with Gasteiger partial charge >= 0.3 is 0 Å². The second-order valence-corrected chi connectivity index (χ2v) is 5.26. The number of aryl methyl sites for hydroxylation is 1. The third-order valence-corrected chi connectivity index (χ3v) is 4.00. The molecule has 102 valence electrons. The molecule has 2 unspecified atom stereocenters. The van der Waals surface area contributed by atoms with Crippen LogP contribution in [-0.4, -0.2) is 42.8 Å². The highest BCUT2D eigenvalue weighted by Gasteiger charge is 2.36. The van der Waals surface area contributed by atoms with Gasteiger partial charge in [-0.3, -0.25) is 10.1 Å². The lowest BCUT2D eigenvalue weighted by molar-refractivity contribution is -0.131. The van der Waals surface area contributed by atoms with Crippen LogP contribution in [0.3, 0.4) is 0 Å². The summed E-state index contributed by atoms with van der Waals surface area (Å²) < 4.78 is 5.36. The van der Waals surface area contributed by atoms with E-state index in [4.69, 9.17) is 4.74 Å². The monoisotopic (exact) mass is 260 g/mol. The average molecular weight is 260 g/mol. The molecule has 2 aliphatic rings. The largest absolute Gasteiger partial charge is 0.379 e. The van der Waals surface area contributed by atoms with Crippen molar-refractivity contribution in [3.05, 3.63) is 35.9 Å². The average Bonchev–Trinajstić information content (AvgIpc) is 3.07. The van der Waals surface area contributed by atoms with Crippen LogP contribution in [0.4, 0.5) is 0 Å². The fourth-order valence-corrected chi connectivity index (χ4v) is 2.83. The molecular formula is C15H20N2O2. The summed E-state index contributed by atoms with van der Waals surface area (Å²) in [5, 5.41) is 3.32. The van der Waals surface area contributed by atoms with Crippen LogP contribution < -0.4 is 5.32 Å². The van der Waals surface area contributed by atoms with Crippen LogP contribution in [0.25, 0.3) is 0 Å². The first-order valence-electron chi connectivity index (χ1n) is 7.00. The molecule has 1 aromatic carbocycles. The van der Waals surface area contributed by atoms with Gasteiger partial charge in [0.2, 0.25) is 5.91 Å². The topological polar surface area (TPSA) is 41.6 Å². The molecule has 2 fully saturated rings. The molecule has 2 saturated heterocycles. The Kier molecular flexibility index (Phi) is 3.80. The molecule has 0 bridgehead atoms. The summed E-state index contributed by atoms with van der Waals surface area (Å²) in [5.74, 6) is 0.242. The van der Waals surface area contributed by atoms with Gasteiger partial charge in [-0.15, -0.1) is 0 Å². The van der Waals surface area contributed by atoms with E-state index in [9.17, 15) is 4.79 Å². The molecule has 2 atom stereocenters. The number of carbonyl (C=O) groups is 1. The quantitative estimate of drug-likeness (QED) is 0.883. The summed E-state index contributed by atoms with van der Waals surface area (Å²) in [5.41, 5.74) is 1.29. The lowest BCUT2D eigenvalue weighted by atomic mass is 10.1. The van der Waals surface area contributed by atoms with E-state index in [1.165, 1.54) is 5.56 Å². The molecule has 19 heavy (non-hydrogen) atoms. The molecule has 0 radical (unpaired) electrons. The van der Waals surface area contributed by atoms with Crippen molar-refractivity contribution >= 4 is 5.91 Å². The van der Waals surface area contributed by atoms with Gasteiger partial charge in [-0.25, -0.2) is 0 Å². The number of hydrogen-bond donors (Lipinski definition) is 1. The van der Waals surface area contributed by atoms with E-state index in [1.807, 2.05) is 23.1 Å². The maximum atomic E-state index is 12.3.